The van der Waals surface area contributed by atoms with Crippen LogP contribution in [0.25, 0.3) is 0 Å². The lowest BCUT2D eigenvalue weighted by Crippen LogP contribution is -2.45. The Balaban J connectivity index is 3.70. The summed E-state index contributed by atoms with van der Waals surface area (Å²) in [6.45, 7) is 4.17. The van der Waals surface area contributed by atoms with Crippen molar-refractivity contribution < 1.29 is 15.0 Å². The molecule has 0 aromatic carbocycles. The normalized spacial score (nSPS) is 13.9. The van der Waals surface area contributed by atoms with Gasteiger partial charge in [0.1, 0.15) is 0 Å². The van der Waals surface area contributed by atoms with Crippen molar-refractivity contribution in [3.63, 3.8) is 0 Å². The predicted molar refractivity (Wildman–Crippen MR) is 225 cm³/mol. The number of allylic oxidation sites excluding steroid dienone is 13. The minimum absolute atomic E-state index is 0.0922. The van der Waals surface area contributed by atoms with E-state index < -0.39 is 12.1 Å². The molecular formula is C47H81NO3. The lowest BCUT2D eigenvalue weighted by atomic mass is 10.0. The molecule has 4 nitrogen and oxygen atoms in total. The molecular weight excluding hydrogens is 627 g/mol. The molecule has 1 amide bonds. The zero-order valence-corrected chi connectivity index (χ0v) is 33.3. The molecule has 0 rings (SSSR count). The fraction of sp³-hybridized carbons (Fsp3) is 0.681. The van der Waals surface area contributed by atoms with E-state index in [2.05, 4.69) is 92.1 Å². The van der Waals surface area contributed by atoms with E-state index in [1.807, 2.05) is 6.08 Å². The molecule has 2 atom stereocenters. The molecule has 0 spiro atoms. The molecule has 0 aliphatic rings. The average Bonchev–Trinajstić information content (AvgIpc) is 3.13. The Morgan fingerprint density at radius 3 is 1.29 bits per heavy atom. The van der Waals surface area contributed by atoms with Crippen LogP contribution in [-0.4, -0.2) is 34.9 Å². The summed E-state index contributed by atoms with van der Waals surface area (Å²) < 4.78 is 0. The summed E-state index contributed by atoms with van der Waals surface area (Å²) in [5.74, 6) is -0.0922. The number of carbonyl (C=O) groups is 1. The Hall–Kier alpha value is -2.43. The van der Waals surface area contributed by atoms with Crippen LogP contribution in [0.4, 0.5) is 0 Å². The third-order valence-electron chi connectivity index (χ3n) is 9.13. The van der Waals surface area contributed by atoms with Crippen LogP contribution in [0.5, 0.6) is 0 Å². The van der Waals surface area contributed by atoms with Crippen molar-refractivity contribution in [2.45, 2.75) is 199 Å². The number of rotatable bonds is 37. The Bertz CT molecular complexity index is 941. The molecule has 0 saturated heterocycles. The minimum atomic E-state index is -0.855. The van der Waals surface area contributed by atoms with Gasteiger partial charge in [0.25, 0.3) is 0 Å². The van der Waals surface area contributed by atoms with Gasteiger partial charge >= 0.3 is 0 Å². The highest BCUT2D eigenvalue weighted by atomic mass is 16.3. The van der Waals surface area contributed by atoms with Crippen molar-refractivity contribution in [2.24, 2.45) is 0 Å². The highest BCUT2D eigenvalue weighted by Gasteiger charge is 2.17. The van der Waals surface area contributed by atoms with Crippen molar-refractivity contribution in [3.05, 3.63) is 85.1 Å². The monoisotopic (exact) mass is 708 g/mol. The third-order valence-corrected chi connectivity index (χ3v) is 9.13. The highest BCUT2D eigenvalue weighted by Crippen LogP contribution is 2.14. The maximum atomic E-state index is 12.4. The van der Waals surface area contributed by atoms with Gasteiger partial charge in [0.15, 0.2) is 0 Å². The average molecular weight is 708 g/mol. The first-order valence-electron chi connectivity index (χ1n) is 21.3. The van der Waals surface area contributed by atoms with Crippen molar-refractivity contribution in [1.82, 2.24) is 5.32 Å². The Labute approximate surface area is 316 Å². The molecule has 2 unspecified atom stereocenters. The van der Waals surface area contributed by atoms with E-state index in [0.29, 0.717) is 6.42 Å². The van der Waals surface area contributed by atoms with Gasteiger partial charge in [-0.1, -0.05) is 195 Å². The summed E-state index contributed by atoms with van der Waals surface area (Å²) in [5.41, 5.74) is 0. The zero-order chi connectivity index (χ0) is 37.1. The van der Waals surface area contributed by atoms with Crippen LogP contribution in [0.3, 0.4) is 0 Å². The first-order valence-corrected chi connectivity index (χ1v) is 21.3. The van der Waals surface area contributed by atoms with Gasteiger partial charge in [-0.25, -0.2) is 0 Å². The van der Waals surface area contributed by atoms with Gasteiger partial charge in [-0.2, -0.15) is 0 Å². The number of carbonyl (C=O) groups excluding carboxylic acids is 1. The molecule has 0 heterocycles. The van der Waals surface area contributed by atoms with Gasteiger partial charge < -0.3 is 15.5 Å². The molecule has 4 heteroatoms. The minimum Gasteiger partial charge on any atom is -0.394 e. The van der Waals surface area contributed by atoms with E-state index in [0.717, 1.165) is 83.5 Å². The molecule has 0 aromatic heterocycles. The largest absolute Gasteiger partial charge is 0.394 e. The van der Waals surface area contributed by atoms with Crippen LogP contribution in [0, 0.1) is 0 Å². The number of aliphatic hydroxyl groups is 2. The van der Waals surface area contributed by atoms with Gasteiger partial charge in [0, 0.05) is 6.42 Å². The van der Waals surface area contributed by atoms with Crippen LogP contribution in [0.2, 0.25) is 0 Å². The van der Waals surface area contributed by atoms with Crippen LogP contribution >= 0.6 is 0 Å². The second kappa shape index (κ2) is 42.0. The first kappa shape index (κ1) is 48.6. The van der Waals surface area contributed by atoms with Crippen molar-refractivity contribution in [2.75, 3.05) is 6.61 Å². The molecule has 0 aliphatic carbocycles. The van der Waals surface area contributed by atoms with E-state index in [1.54, 1.807) is 6.08 Å². The second-order valence-corrected chi connectivity index (χ2v) is 14.0. The van der Waals surface area contributed by atoms with Crippen molar-refractivity contribution in [1.29, 1.82) is 0 Å². The third kappa shape index (κ3) is 38.6. The van der Waals surface area contributed by atoms with Crippen LogP contribution in [0.1, 0.15) is 187 Å². The number of amides is 1. The van der Waals surface area contributed by atoms with Gasteiger partial charge in [-0.05, 0) is 70.6 Å². The number of hydrogen-bond donors (Lipinski definition) is 3. The number of hydrogen-bond acceptors (Lipinski definition) is 3. The molecule has 51 heavy (non-hydrogen) atoms. The molecule has 0 radical (unpaired) electrons. The molecule has 0 aliphatic heterocycles. The standard InChI is InChI=1S/C47H81NO3/c1-3-5-7-9-11-13-15-17-19-21-22-23-24-25-26-27-29-31-33-35-37-39-41-43-47(51)48-45(44-49)46(50)42-40-38-36-34-32-30-28-20-18-16-14-12-10-8-6-4-2/h5,7,11,13,17,19,22-23,25-26,29,31,40,42,45-46,49-50H,3-4,6,8-10,12,14-16,18,20-21,24,27-28,30,32-39,41,43-44H2,1-2H3,(H,48,51)/b7-5-,13-11-,19-17-,23-22-,26-25-,31-29-,42-40+. The maximum Gasteiger partial charge on any atom is 0.220 e. The summed E-state index contributed by atoms with van der Waals surface area (Å²) >= 11 is 0. The van der Waals surface area contributed by atoms with Crippen LogP contribution in [-0.2, 0) is 4.79 Å². The SMILES string of the molecule is CC/C=C\C/C=C\C/C=C\C/C=C\C/C=C\C/C=C\CCCCCCC(=O)NC(CO)C(O)/C=C/CCCCCCCCCCCCCCCC. The fourth-order valence-corrected chi connectivity index (χ4v) is 5.89. The molecule has 0 aromatic rings. The van der Waals surface area contributed by atoms with Gasteiger partial charge in [-0.3, -0.25) is 4.79 Å². The number of nitrogens with one attached hydrogen (secondary N) is 1. The summed E-state index contributed by atoms with van der Waals surface area (Å²) in [5, 5.41) is 23.0. The van der Waals surface area contributed by atoms with Crippen LogP contribution < -0.4 is 5.32 Å². The van der Waals surface area contributed by atoms with E-state index in [1.165, 1.54) is 83.5 Å². The first-order chi connectivity index (χ1) is 25.2. The van der Waals surface area contributed by atoms with E-state index >= 15 is 0 Å². The second-order valence-electron chi connectivity index (χ2n) is 14.0. The molecule has 3 N–H and O–H groups in total. The smallest absolute Gasteiger partial charge is 0.220 e. The lowest BCUT2D eigenvalue weighted by molar-refractivity contribution is -0.123. The van der Waals surface area contributed by atoms with Gasteiger partial charge in [0.05, 0.1) is 18.8 Å². The summed E-state index contributed by atoms with van der Waals surface area (Å²) in [6, 6.07) is -0.641. The highest BCUT2D eigenvalue weighted by molar-refractivity contribution is 5.76. The number of unbranched alkanes of at least 4 members (excludes halogenated alkanes) is 18. The molecule has 0 bridgehead atoms. The van der Waals surface area contributed by atoms with E-state index in [4.69, 9.17) is 0 Å². The Kier molecular flexibility index (Phi) is 40.0. The summed E-state index contributed by atoms with van der Waals surface area (Å²) in [4.78, 5) is 12.4. The molecule has 292 valence electrons. The molecule has 0 saturated carbocycles. The van der Waals surface area contributed by atoms with Crippen LogP contribution in [0.15, 0.2) is 85.1 Å². The predicted octanol–water partition coefficient (Wildman–Crippen LogP) is 13.3. The fourth-order valence-electron chi connectivity index (χ4n) is 5.89. The molecule has 0 fully saturated rings. The lowest BCUT2D eigenvalue weighted by Gasteiger charge is -2.20. The number of aliphatic hydroxyl groups excluding tert-OH is 2. The Morgan fingerprint density at radius 2 is 0.863 bits per heavy atom. The van der Waals surface area contributed by atoms with Crippen molar-refractivity contribution >= 4 is 5.91 Å². The van der Waals surface area contributed by atoms with Crippen molar-refractivity contribution in [3.8, 4) is 0 Å². The van der Waals surface area contributed by atoms with Gasteiger partial charge in [0.2, 0.25) is 5.91 Å². The summed E-state index contributed by atoms with van der Waals surface area (Å²) in [6.07, 6.45) is 61.0. The van der Waals surface area contributed by atoms with E-state index in [9.17, 15) is 15.0 Å². The summed E-state index contributed by atoms with van der Waals surface area (Å²) in [7, 11) is 0. The topological polar surface area (TPSA) is 69.6 Å². The van der Waals surface area contributed by atoms with Gasteiger partial charge in [-0.15, -0.1) is 0 Å². The quantitative estimate of drug-likeness (QED) is 0.0445. The van der Waals surface area contributed by atoms with E-state index in [-0.39, 0.29) is 12.5 Å². The zero-order valence-electron chi connectivity index (χ0n) is 33.3. The Morgan fingerprint density at radius 1 is 0.490 bits per heavy atom. The maximum absolute atomic E-state index is 12.4.